The second kappa shape index (κ2) is 6.36. The SMILES string of the molecule is CN(CCNc1c(Cl)cnn(CC2CCC2)c1=O)C1CC1. The summed E-state index contributed by atoms with van der Waals surface area (Å²) in [5, 5.41) is 7.78. The number of likely N-dealkylation sites (N-methyl/N-ethyl adjacent to an activating group) is 1. The molecular weight excluding hydrogens is 288 g/mol. The van der Waals surface area contributed by atoms with Crippen molar-refractivity contribution in [2.75, 3.05) is 25.5 Å². The van der Waals surface area contributed by atoms with Crippen LogP contribution in [0.4, 0.5) is 5.69 Å². The molecule has 5 nitrogen and oxygen atoms in total. The fourth-order valence-electron chi connectivity index (χ4n) is 2.73. The summed E-state index contributed by atoms with van der Waals surface area (Å²) in [5.74, 6) is 0.602. The maximum Gasteiger partial charge on any atom is 0.291 e. The normalized spacial score (nSPS) is 18.8. The Balaban J connectivity index is 1.62. The number of halogens is 1. The lowest BCUT2D eigenvalue weighted by Crippen LogP contribution is -2.32. The van der Waals surface area contributed by atoms with Gasteiger partial charge < -0.3 is 10.2 Å². The molecule has 1 heterocycles. The summed E-state index contributed by atoms with van der Waals surface area (Å²) in [4.78, 5) is 14.8. The summed E-state index contributed by atoms with van der Waals surface area (Å²) in [6, 6.07) is 0.731. The highest BCUT2D eigenvalue weighted by molar-refractivity contribution is 6.32. The minimum Gasteiger partial charge on any atom is -0.378 e. The van der Waals surface area contributed by atoms with Crippen LogP contribution in [0.2, 0.25) is 5.02 Å². The molecule has 0 bridgehead atoms. The van der Waals surface area contributed by atoms with Gasteiger partial charge in [0.25, 0.3) is 5.56 Å². The monoisotopic (exact) mass is 310 g/mol. The van der Waals surface area contributed by atoms with Gasteiger partial charge in [0.1, 0.15) is 5.69 Å². The van der Waals surface area contributed by atoms with Gasteiger partial charge in [0.15, 0.2) is 0 Å². The van der Waals surface area contributed by atoms with Gasteiger partial charge >= 0.3 is 0 Å². The van der Waals surface area contributed by atoms with Crippen molar-refractivity contribution in [1.82, 2.24) is 14.7 Å². The largest absolute Gasteiger partial charge is 0.378 e. The lowest BCUT2D eigenvalue weighted by atomic mass is 9.85. The van der Waals surface area contributed by atoms with Crippen LogP contribution in [0.3, 0.4) is 0 Å². The van der Waals surface area contributed by atoms with Crippen LogP contribution in [0.15, 0.2) is 11.0 Å². The fraction of sp³-hybridized carbons (Fsp3) is 0.733. The van der Waals surface area contributed by atoms with Gasteiger partial charge in [-0.2, -0.15) is 5.10 Å². The quantitative estimate of drug-likeness (QED) is 0.839. The highest BCUT2D eigenvalue weighted by Gasteiger charge is 2.25. The van der Waals surface area contributed by atoms with Gasteiger partial charge in [-0.15, -0.1) is 0 Å². The zero-order valence-corrected chi connectivity index (χ0v) is 13.3. The van der Waals surface area contributed by atoms with Gasteiger partial charge in [-0.25, -0.2) is 4.68 Å². The molecule has 116 valence electrons. The van der Waals surface area contributed by atoms with E-state index < -0.39 is 0 Å². The van der Waals surface area contributed by atoms with Crippen LogP contribution in [0, 0.1) is 5.92 Å². The molecule has 3 rings (SSSR count). The second-order valence-electron chi connectivity index (χ2n) is 6.29. The van der Waals surface area contributed by atoms with E-state index in [4.69, 9.17) is 11.6 Å². The number of anilines is 1. The first-order chi connectivity index (χ1) is 10.1. The Kier molecular flexibility index (Phi) is 4.50. The minimum absolute atomic E-state index is 0.0940. The Labute approximate surface area is 130 Å². The van der Waals surface area contributed by atoms with E-state index in [1.54, 1.807) is 10.9 Å². The molecule has 1 aromatic heterocycles. The van der Waals surface area contributed by atoms with E-state index in [9.17, 15) is 4.79 Å². The molecule has 1 N–H and O–H groups in total. The third-order valence-electron chi connectivity index (χ3n) is 4.59. The molecule has 2 aliphatic carbocycles. The fourth-order valence-corrected chi connectivity index (χ4v) is 2.93. The standard InChI is InChI=1S/C15H23ClN4O/c1-19(12-5-6-12)8-7-17-14-13(16)9-18-20(15(14)21)10-11-3-2-4-11/h9,11-12,17H,2-8,10H2,1H3. The molecule has 0 atom stereocenters. The van der Waals surface area contributed by atoms with Crippen molar-refractivity contribution in [2.24, 2.45) is 5.92 Å². The summed E-state index contributed by atoms with van der Waals surface area (Å²) in [5.41, 5.74) is 0.402. The van der Waals surface area contributed by atoms with E-state index in [1.807, 2.05) is 0 Å². The molecule has 0 aromatic carbocycles. The molecule has 0 radical (unpaired) electrons. The second-order valence-corrected chi connectivity index (χ2v) is 6.70. The van der Waals surface area contributed by atoms with Crippen molar-refractivity contribution in [2.45, 2.75) is 44.7 Å². The van der Waals surface area contributed by atoms with Crippen molar-refractivity contribution in [1.29, 1.82) is 0 Å². The van der Waals surface area contributed by atoms with Crippen molar-refractivity contribution < 1.29 is 0 Å². The Morgan fingerprint density at radius 1 is 1.43 bits per heavy atom. The zero-order chi connectivity index (χ0) is 14.8. The summed E-state index contributed by atoms with van der Waals surface area (Å²) >= 11 is 6.12. The van der Waals surface area contributed by atoms with Gasteiger partial charge in [-0.05, 0) is 38.6 Å². The highest BCUT2D eigenvalue weighted by atomic mass is 35.5. The summed E-state index contributed by atoms with van der Waals surface area (Å²) < 4.78 is 1.56. The first-order valence-electron chi connectivity index (χ1n) is 7.85. The van der Waals surface area contributed by atoms with E-state index in [2.05, 4.69) is 22.4 Å². The maximum atomic E-state index is 12.4. The average molecular weight is 311 g/mol. The van der Waals surface area contributed by atoms with Gasteiger partial charge in [-0.3, -0.25) is 4.79 Å². The van der Waals surface area contributed by atoms with E-state index >= 15 is 0 Å². The van der Waals surface area contributed by atoms with Crippen LogP contribution in [0.5, 0.6) is 0 Å². The van der Waals surface area contributed by atoms with Crippen LogP contribution < -0.4 is 10.9 Å². The Bertz CT molecular complexity index is 551. The Morgan fingerprint density at radius 3 is 2.81 bits per heavy atom. The number of aromatic nitrogens is 2. The minimum atomic E-state index is -0.0940. The molecule has 0 spiro atoms. The molecule has 21 heavy (non-hydrogen) atoms. The molecule has 2 saturated carbocycles. The topological polar surface area (TPSA) is 50.2 Å². The smallest absolute Gasteiger partial charge is 0.291 e. The van der Waals surface area contributed by atoms with Gasteiger partial charge in [-0.1, -0.05) is 18.0 Å². The highest BCUT2D eigenvalue weighted by Crippen LogP contribution is 2.27. The first kappa shape index (κ1) is 14.9. The number of hydrogen-bond acceptors (Lipinski definition) is 4. The molecule has 0 amide bonds. The van der Waals surface area contributed by atoms with Crippen molar-refractivity contribution >= 4 is 17.3 Å². The molecule has 0 saturated heterocycles. The third-order valence-corrected chi connectivity index (χ3v) is 4.88. The molecule has 0 aliphatic heterocycles. The van der Waals surface area contributed by atoms with E-state index in [0.29, 0.717) is 23.2 Å². The number of rotatable bonds is 7. The summed E-state index contributed by atoms with van der Waals surface area (Å²) in [6.45, 7) is 2.37. The molecular formula is C15H23ClN4O. The molecule has 2 fully saturated rings. The van der Waals surface area contributed by atoms with Crippen molar-refractivity contribution in [3.05, 3.63) is 21.6 Å². The molecule has 1 aromatic rings. The van der Waals surface area contributed by atoms with E-state index in [1.165, 1.54) is 32.1 Å². The summed E-state index contributed by atoms with van der Waals surface area (Å²) in [6.07, 6.45) is 7.83. The van der Waals surface area contributed by atoms with Crippen LogP contribution >= 0.6 is 11.6 Å². The van der Waals surface area contributed by atoms with Crippen LogP contribution in [0.1, 0.15) is 32.1 Å². The molecule has 2 aliphatic rings. The Hall–Kier alpha value is -1.07. The molecule has 0 unspecified atom stereocenters. The van der Waals surface area contributed by atoms with Crippen LogP contribution in [0.25, 0.3) is 0 Å². The summed E-state index contributed by atoms with van der Waals surface area (Å²) in [7, 11) is 2.13. The lowest BCUT2D eigenvalue weighted by molar-refractivity contribution is 0.262. The first-order valence-corrected chi connectivity index (χ1v) is 8.22. The van der Waals surface area contributed by atoms with Crippen molar-refractivity contribution in [3.63, 3.8) is 0 Å². The van der Waals surface area contributed by atoms with E-state index in [-0.39, 0.29) is 5.56 Å². The van der Waals surface area contributed by atoms with Crippen LogP contribution in [-0.2, 0) is 6.54 Å². The van der Waals surface area contributed by atoms with Crippen LogP contribution in [-0.4, -0.2) is 40.9 Å². The predicted molar refractivity (Wildman–Crippen MR) is 85.0 cm³/mol. The zero-order valence-electron chi connectivity index (χ0n) is 12.5. The Morgan fingerprint density at radius 2 is 2.19 bits per heavy atom. The van der Waals surface area contributed by atoms with Gasteiger partial charge in [0.05, 0.1) is 11.2 Å². The predicted octanol–water partition coefficient (Wildman–Crippen LogP) is 2.20. The van der Waals surface area contributed by atoms with E-state index in [0.717, 1.165) is 19.1 Å². The van der Waals surface area contributed by atoms with Gasteiger partial charge in [0.2, 0.25) is 0 Å². The number of nitrogens with zero attached hydrogens (tertiary/aromatic N) is 3. The van der Waals surface area contributed by atoms with Crippen molar-refractivity contribution in [3.8, 4) is 0 Å². The van der Waals surface area contributed by atoms with Gasteiger partial charge in [0, 0.05) is 25.7 Å². The third kappa shape index (κ3) is 3.58. The lowest BCUT2D eigenvalue weighted by Gasteiger charge is -2.25. The maximum absolute atomic E-state index is 12.4. The number of nitrogens with one attached hydrogen (secondary N) is 1. The number of hydrogen-bond donors (Lipinski definition) is 1. The average Bonchev–Trinajstić information content (AvgIpc) is 3.24. The molecule has 6 heteroatoms.